The second-order valence-electron chi connectivity index (χ2n) is 3.78. The van der Waals surface area contributed by atoms with Crippen molar-refractivity contribution in [2.75, 3.05) is 13.2 Å². The number of carbonyl (C=O) groups is 2. The zero-order valence-corrected chi connectivity index (χ0v) is 11.4. The van der Waals surface area contributed by atoms with Crippen molar-refractivity contribution in [3.8, 4) is 0 Å². The van der Waals surface area contributed by atoms with Gasteiger partial charge in [0, 0.05) is 5.56 Å². The Balaban J connectivity index is 3.14. The minimum absolute atomic E-state index is 0.0464. The zero-order valence-electron chi connectivity index (χ0n) is 11.4. The second-order valence-corrected chi connectivity index (χ2v) is 3.78. The van der Waals surface area contributed by atoms with Crippen LogP contribution in [0.15, 0.2) is 41.7 Å². The molecule has 4 nitrogen and oxygen atoms in total. The molecule has 102 valence electrons. The number of benzene rings is 1. The number of carbonyl (C=O) groups excluding carboxylic acids is 2. The van der Waals surface area contributed by atoms with Gasteiger partial charge in [0.2, 0.25) is 5.78 Å². The van der Waals surface area contributed by atoms with E-state index in [0.29, 0.717) is 12.2 Å². The van der Waals surface area contributed by atoms with Gasteiger partial charge < -0.3 is 9.47 Å². The molecule has 4 heteroatoms. The first kappa shape index (κ1) is 15.0. The lowest BCUT2D eigenvalue weighted by Crippen LogP contribution is -2.19. The van der Waals surface area contributed by atoms with Crippen molar-refractivity contribution < 1.29 is 19.1 Å². The predicted octanol–water partition coefficient (Wildman–Crippen LogP) is 2.74. The van der Waals surface area contributed by atoms with Crippen LogP contribution < -0.4 is 0 Å². The van der Waals surface area contributed by atoms with Crippen molar-refractivity contribution in [3.63, 3.8) is 0 Å². The summed E-state index contributed by atoms with van der Waals surface area (Å²) in [7, 11) is 0. The van der Waals surface area contributed by atoms with Crippen LogP contribution in [0, 0.1) is 0 Å². The lowest BCUT2D eigenvalue weighted by molar-refractivity contribution is -0.138. The van der Waals surface area contributed by atoms with E-state index in [9.17, 15) is 9.59 Å². The SMILES string of the molecule is CCOC(=O)/C(C(=O)c1ccccc1)=C(\C)OCC. The average molecular weight is 262 g/mol. The zero-order chi connectivity index (χ0) is 14.3. The lowest BCUT2D eigenvalue weighted by Gasteiger charge is -2.11. The molecule has 0 saturated heterocycles. The maximum absolute atomic E-state index is 12.3. The maximum atomic E-state index is 12.3. The van der Waals surface area contributed by atoms with Crippen molar-refractivity contribution in [2.45, 2.75) is 20.8 Å². The Morgan fingerprint density at radius 3 is 2.11 bits per heavy atom. The van der Waals surface area contributed by atoms with E-state index < -0.39 is 5.97 Å². The highest BCUT2D eigenvalue weighted by Crippen LogP contribution is 2.15. The third-order valence-corrected chi connectivity index (χ3v) is 2.46. The molecule has 0 aromatic heterocycles. The van der Waals surface area contributed by atoms with Gasteiger partial charge in [0.1, 0.15) is 11.3 Å². The molecular formula is C15H18O4. The summed E-state index contributed by atoms with van der Waals surface area (Å²) in [5.74, 6) is -0.748. The van der Waals surface area contributed by atoms with E-state index in [4.69, 9.17) is 9.47 Å². The summed E-state index contributed by atoms with van der Waals surface area (Å²) in [4.78, 5) is 24.2. The highest BCUT2D eigenvalue weighted by Gasteiger charge is 2.24. The van der Waals surface area contributed by atoms with E-state index in [1.165, 1.54) is 0 Å². The van der Waals surface area contributed by atoms with Crippen molar-refractivity contribution in [1.29, 1.82) is 0 Å². The summed E-state index contributed by atoms with van der Waals surface area (Å²) in [5, 5.41) is 0. The van der Waals surface area contributed by atoms with E-state index in [2.05, 4.69) is 0 Å². The Hall–Kier alpha value is -2.10. The van der Waals surface area contributed by atoms with E-state index in [1.54, 1.807) is 51.1 Å². The first-order chi connectivity index (χ1) is 9.11. The Labute approximate surface area is 113 Å². The number of hydrogen-bond donors (Lipinski definition) is 0. The minimum atomic E-state index is -0.651. The molecule has 0 atom stereocenters. The van der Waals surface area contributed by atoms with Crippen LogP contribution in [-0.2, 0) is 14.3 Å². The molecule has 0 N–H and O–H groups in total. The molecule has 0 spiro atoms. The molecule has 0 amide bonds. The van der Waals surface area contributed by atoms with Crippen LogP contribution in [0.2, 0.25) is 0 Å². The molecule has 1 aromatic rings. The van der Waals surface area contributed by atoms with Crippen LogP contribution >= 0.6 is 0 Å². The van der Waals surface area contributed by atoms with Crippen molar-refractivity contribution in [2.24, 2.45) is 0 Å². The topological polar surface area (TPSA) is 52.6 Å². The van der Waals surface area contributed by atoms with Gasteiger partial charge in [0.15, 0.2) is 0 Å². The van der Waals surface area contributed by atoms with Crippen LogP contribution in [0.1, 0.15) is 31.1 Å². The molecule has 0 fully saturated rings. The number of allylic oxidation sites excluding steroid dienone is 1. The quantitative estimate of drug-likeness (QED) is 0.197. The number of hydrogen-bond acceptors (Lipinski definition) is 4. The summed E-state index contributed by atoms with van der Waals surface area (Å²) in [6.07, 6.45) is 0. The Morgan fingerprint density at radius 1 is 1.00 bits per heavy atom. The Morgan fingerprint density at radius 2 is 1.58 bits per heavy atom. The van der Waals surface area contributed by atoms with Gasteiger partial charge in [-0.1, -0.05) is 30.3 Å². The molecular weight excluding hydrogens is 244 g/mol. The average Bonchev–Trinajstić information content (AvgIpc) is 2.40. The van der Waals surface area contributed by atoms with E-state index >= 15 is 0 Å². The molecule has 0 saturated carbocycles. The van der Waals surface area contributed by atoms with Gasteiger partial charge in [-0.3, -0.25) is 4.79 Å². The van der Waals surface area contributed by atoms with Gasteiger partial charge in [-0.2, -0.15) is 0 Å². The molecule has 1 aromatic carbocycles. The van der Waals surface area contributed by atoms with Crippen LogP contribution in [0.5, 0.6) is 0 Å². The molecule has 0 aliphatic carbocycles. The molecule has 0 radical (unpaired) electrons. The number of Topliss-reactive ketones (excluding diaryl/α,β-unsaturated/α-hetero) is 1. The number of ether oxygens (including phenoxy) is 2. The standard InChI is InChI=1S/C15H18O4/c1-4-18-11(3)13(15(17)19-5-2)14(16)12-9-7-6-8-10-12/h6-10H,4-5H2,1-3H3/b13-11+. The largest absolute Gasteiger partial charge is 0.497 e. The Kier molecular flexibility index (Phi) is 5.79. The fraction of sp³-hybridized carbons (Fsp3) is 0.333. The fourth-order valence-electron chi connectivity index (χ4n) is 1.62. The molecule has 19 heavy (non-hydrogen) atoms. The van der Waals surface area contributed by atoms with Gasteiger partial charge in [-0.05, 0) is 20.8 Å². The van der Waals surface area contributed by atoms with Crippen LogP contribution in [-0.4, -0.2) is 25.0 Å². The molecule has 0 aliphatic heterocycles. The number of rotatable bonds is 6. The van der Waals surface area contributed by atoms with E-state index in [-0.39, 0.29) is 23.7 Å². The molecule has 0 aliphatic rings. The van der Waals surface area contributed by atoms with Crippen molar-refractivity contribution in [1.82, 2.24) is 0 Å². The maximum Gasteiger partial charge on any atom is 0.345 e. The van der Waals surface area contributed by atoms with Crippen LogP contribution in [0.3, 0.4) is 0 Å². The molecule has 1 rings (SSSR count). The van der Waals surface area contributed by atoms with Crippen molar-refractivity contribution >= 4 is 11.8 Å². The first-order valence-corrected chi connectivity index (χ1v) is 6.22. The predicted molar refractivity (Wildman–Crippen MR) is 71.7 cm³/mol. The first-order valence-electron chi connectivity index (χ1n) is 6.22. The Bertz CT molecular complexity index is 474. The van der Waals surface area contributed by atoms with Gasteiger partial charge in [-0.25, -0.2) is 4.79 Å². The second kappa shape index (κ2) is 7.36. The lowest BCUT2D eigenvalue weighted by atomic mass is 10.0. The normalized spacial score (nSPS) is 11.5. The van der Waals surface area contributed by atoms with Crippen molar-refractivity contribution in [3.05, 3.63) is 47.2 Å². The summed E-state index contributed by atoms with van der Waals surface area (Å²) in [6, 6.07) is 8.60. The summed E-state index contributed by atoms with van der Waals surface area (Å²) < 4.78 is 10.2. The third-order valence-electron chi connectivity index (χ3n) is 2.46. The monoisotopic (exact) mass is 262 g/mol. The number of ketones is 1. The third kappa shape index (κ3) is 3.95. The number of esters is 1. The molecule has 0 unspecified atom stereocenters. The summed E-state index contributed by atoms with van der Waals surface area (Å²) >= 11 is 0. The smallest absolute Gasteiger partial charge is 0.345 e. The van der Waals surface area contributed by atoms with Gasteiger partial charge in [0.05, 0.1) is 13.2 Å². The van der Waals surface area contributed by atoms with Gasteiger partial charge in [-0.15, -0.1) is 0 Å². The van der Waals surface area contributed by atoms with Crippen LogP contribution in [0.25, 0.3) is 0 Å². The summed E-state index contributed by atoms with van der Waals surface area (Å²) in [6.45, 7) is 5.68. The molecule has 0 bridgehead atoms. The fourth-order valence-corrected chi connectivity index (χ4v) is 1.62. The van der Waals surface area contributed by atoms with Gasteiger partial charge >= 0.3 is 5.97 Å². The highest BCUT2D eigenvalue weighted by molar-refractivity contribution is 6.24. The van der Waals surface area contributed by atoms with Crippen LogP contribution in [0.4, 0.5) is 0 Å². The van der Waals surface area contributed by atoms with Gasteiger partial charge in [0.25, 0.3) is 0 Å². The summed E-state index contributed by atoms with van der Waals surface area (Å²) in [5.41, 5.74) is 0.388. The van der Waals surface area contributed by atoms with E-state index in [0.717, 1.165) is 0 Å². The molecule has 0 heterocycles. The minimum Gasteiger partial charge on any atom is -0.497 e. The van der Waals surface area contributed by atoms with E-state index in [1.807, 2.05) is 0 Å². The highest BCUT2D eigenvalue weighted by atomic mass is 16.5.